The van der Waals surface area contributed by atoms with Gasteiger partial charge in [-0.1, -0.05) is 15.9 Å². The van der Waals surface area contributed by atoms with E-state index in [2.05, 4.69) is 21.0 Å². The monoisotopic (exact) mass is 254 g/mol. The van der Waals surface area contributed by atoms with Gasteiger partial charge in [-0.05, 0) is 19.1 Å². The molecule has 1 heterocycles. The predicted octanol–water partition coefficient (Wildman–Crippen LogP) is 2.73. The van der Waals surface area contributed by atoms with Crippen LogP contribution in [0.4, 0.5) is 0 Å². The second kappa shape index (κ2) is 3.61. The molecule has 0 spiro atoms. The summed E-state index contributed by atoms with van der Waals surface area (Å²) in [7, 11) is 1.91. The van der Waals surface area contributed by atoms with Crippen LogP contribution in [0.15, 0.2) is 22.8 Å². The molecule has 0 N–H and O–H groups in total. The normalized spacial score (nSPS) is 10.8. The van der Waals surface area contributed by atoms with E-state index in [1.54, 1.807) is 4.68 Å². The third-order valence-corrected chi connectivity index (χ3v) is 2.41. The lowest BCUT2D eigenvalue weighted by Crippen LogP contribution is -1.93. The van der Waals surface area contributed by atoms with Crippen molar-refractivity contribution in [2.24, 2.45) is 7.05 Å². The average molecular weight is 255 g/mol. The Morgan fingerprint density at radius 3 is 3.00 bits per heavy atom. The molecule has 0 aliphatic rings. The van der Waals surface area contributed by atoms with Crippen LogP contribution < -0.4 is 4.74 Å². The van der Waals surface area contributed by atoms with Crippen molar-refractivity contribution in [2.45, 2.75) is 6.92 Å². The van der Waals surface area contributed by atoms with E-state index in [0.717, 1.165) is 21.1 Å². The average Bonchev–Trinajstić information content (AvgIpc) is 2.45. The predicted molar refractivity (Wildman–Crippen MR) is 59.6 cm³/mol. The summed E-state index contributed by atoms with van der Waals surface area (Å²) in [6.07, 6.45) is 1.97. The van der Waals surface area contributed by atoms with Crippen LogP contribution in [0.1, 0.15) is 6.92 Å². The number of hydrogen-bond donors (Lipinski definition) is 0. The van der Waals surface area contributed by atoms with E-state index in [1.807, 2.05) is 32.3 Å². The molecule has 0 aliphatic heterocycles. The van der Waals surface area contributed by atoms with Crippen molar-refractivity contribution in [3.05, 3.63) is 22.8 Å². The van der Waals surface area contributed by atoms with Gasteiger partial charge in [0.2, 0.25) is 0 Å². The van der Waals surface area contributed by atoms with Gasteiger partial charge in [-0.3, -0.25) is 4.68 Å². The zero-order valence-corrected chi connectivity index (χ0v) is 9.71. The molecule has 0 saturated carbocycles. The summed E-state index contributed by atoms with van der Waals surface area (Å²) in [5.74, 6) is 0.831. The highest BCUT2D eigenvalue weighted by atomic mass is 79.9. The van der Waals surface area contributed by atoms with Crippen molar-refractivity contribution in [3.8, 4) is 5.75 Å². The molecule has 0 unspecified atom stereocenters. The van der Waals surface area contributed by atoms with Gasteiger partial charge < -0.3 is 4.74 Å². The molecular weight excluding hydrogens is 244 g/mol. The van der Waals surface area contributed by atoms with E-state index in [4.69, 9.17) is 4.74 Å². The van der Waals surface area contributed by atoms with Gasteiger partial charge in [0, 0.05) is 23.1 Å². The van der Waals surface area contributed by atoms with E-state index in [-0.39, 0.29) is 0 Å². The van der Waals surface area contributed by atoms with Crippen molar-refractivity contribution < 1.29 is 4.74 Å². The smallest absolute Gasteiger partial charge is 0.148 e. The van der Waals surface area contributed by atoms with Crippen LogP contribution in [0.2, 0.25) is 0 Å². The number of benzene rings is 1. The van der Waals surface area contributed by atoms with Gasteiger partial charge >= 0.3 is 0 Å². The van der Waals surface area contributed by atoms with E-state index in [1.165, 1.54) is 0 Å². The van der Waals surface area contributed by atoms with Crippen LogP contribution in [0, 0.1) is 0 Å². The Kier molecular flexibility index (Phi) is 2.46. The first-order valence-electron chi connectivity index (χ1n) is 4.46. The summed E-state index contributed by atoms with van der Waals surface area (Å²) in [5, 5.41) is 5.43. The fraction of sp³-hybridized carbons (Fsp3) is 0.300. The number of hydrogen-bond acceptors (Lipinski definition) is 2. The van der Waals surface area contributed by atoms with Crippen LogP contribution in [0.3, 0.4) is 0 Å². The van der Waals surface area contributed by atoms with E-state index < -0.39 is 0 Å². The number of nitrogens with zero attached hydrogens (tertiary/aromatic N) is 2. The number of halogens is 1. The molecule has 0 atom stereocenters. The van der Waals surface area contributed by atoms with Crippen molar-refractivity contribution in [2.75, 3.05) is 6.61 Å². The molecule has 0 fully saturated rings. The molecule has 4 heteroatoms. The lowest BCUT2D eigenvalue weighted by molar-refractivity contribution is 0.343. The summed E-state index contributed by atoms with van der Waals surface area (Å²) in [6.45, 7) is 2.62. The van der Waals surface area contributed by atoms with Gasteiger partial charge in [-0.25, -0.2) is 0 Å². The Bertz CT molecular complexity index is 464. The molecule has 0 bridgehead atoms. The molecule has 1 aromatic carbocycles. The quantitative estimate of drug-likeness (QED) is 0.824. The Morgan fingerprint density at radius 1 is 1.50 bits per heavy atom. The van der Waals surface area contributed by atoms with Crippen LogP contribution in [0.25, 0.3) is 10.9 Å². The SMILES string of the molecule is CCOc1cc(Br)cc2cn(C)nc12. The maximum Gasteiger partial charge on any atom is 0.148 e. The molecule has 74 valence electrons. The molecule has 0 saturated heterocycles. The van der Waals surface area contributed by atoms with E-state index in [9.17, 15) is 0 Å². The van der Waals surface area contributed by atoms with Crippen molar-refractivity contribution in [1.82, 2.24) is 9.78 Å². The van der Waals surface area contributed by atoms with Crippen LogP contribution >= 0.6 is 15.9 Å². The highest BCUT2D eigenvalue weighted by Crippen LogP contribution is 2.28. The fourth-order valence-electron chi connectivity index (χ4n) is 1.45. The molecule has 3 nitrogen and oxygen atoms in total. The van der Waals surface area contributed by atoms with Crippen molar-refractivity contribution in [1.29, 1.82) is 0 Å². The summed E-state index contributed by atoms with van der Waals surface area (Å²) >= 11 is 3.45. The Morgan fingerprint density at radius 2 is 2.29 bits per heavy atom. The van der Waals surface area contributed by atoms with Gasteiger partial charge in [0.25, 0.3) is 0 Å². The second-order valence-corrected chi connectivity index (χ2v) is 3.99. The molecule has 14 heavy (non-hydrogen) atoms. The Balaban J connectivity index is 2.66. The summed E-state index contributed by atoms with van der Waals surface area (Å²) in [6, 6.07) is 3.98. The van der Waals surface area contributed by atoms with Crippen LogP contribution in [-0.4, -0.2) is 16.4 Å². The Labute approximate surface area is 90.8 Å². The largest absolute Gasteiger partial charge is 0.491 e. The molecule has 1 aromatic heterocycles. The number of ether oxygens (including phenoxy) is 1. The topological polar surface area (TPSA) is 27.1 Å². The fourth-order valence-corrected chi connectivity index (χ4v) is 1.91. The van der Waals surface area contributed by atoms with Gasteiger partial charge in [-0.15, -0.1) is 0 Å². The zero-order chi connectivity index (χ0) is 10.1. The Hall–Kier alpha value is -1.03. The minimum absolute atomic E-state index is 0.655. The highest BCUT2D eigenvalue weighted by Gasteiger charge is 2.07. The molecular formula is C10H11BrN2O. The van der Waals surface area contributed by atoms with Gasteiger partial charge in [0.15, 0.2) is 0 Å². The third kappa shape index (κ3) is 1.62. The van der Waals surface area contributed by atoms with Gasteiger partial charge in [-0.2, -0.15) is 5.10 Å². The highest BCUT2D eigenvalue weighted by molar-refractivity contribution is 9.10. The zero-order valence-electron chi connectivity index (χ0n) is 8.12. The lowest BCUT2D eigenvalue weighted by atomic mass is 10.2. The number of fused-ring (bicyclic) bond motifs is 1. The molecule has 0 radical (unpaired) electrons. The van der Waals surface area contributed by atoms with Crippen molar-refractivity contribution >= 4 is 26.8 Å². The molecule has 0 aliphatic carbocycles. The summed E-state index contributed by atoms with van der Waals surface area (Å²) in [5.41, 5.74) is 0.914. The standard InChI is InChI=1S/C10H11BrN2O/c1-3-14-9-5-8(11)4-7-6-13(2)12-10(7)9/h4-6H,3H2,1-2H3. The van der Waals surface area contributed by atoms with E-state index >= 15 is 0 Å². The minimum Gasteiger partial charge on any atom is -0.491 e. The third-order valence-electron chi connectivity index (χ3n) is 1.95. The maximum absolute atomic E-state index is 5.51. The summed E-state index contributed by atoms with van der Waals surface area (Å²) in [4.78, 5) is 0. The van der Waals surface area contributed by atoms with Gasteiger partial charge in [0.1, 0.15) is 11.3 Å². The first-order valence-corrected chi connectivity index (χ1v) is 5.25. The van der Waals surface area contributed by atoms with Gasteiger partial charge in [0.05, 0.1) is 6.61 Å². The number of aromatic nitrogens is 2. The molecule has 0 amide bonds. The first kappa shape index (κ1) is 9.52. The molecule has 2 rings (SSSR count). The van der Waals surface area contributed by atoms with Crippen LogP contribution in [-0.2, 0) is 7.05 Å². The maximum atomic E-state index is 5.51. The second-order valence-electron chi connectivity index (χ2n) is 3.08. The number of rotatable bonds is 2. The van der Waals surface area contributed by atoms with E-state index in [0.29, 0.717) is 6.61 Å². The summed E-state index contributed by atoms with van der Waals surface area (Å²) < 4.78 is 8.31. The number of aryl methyl sites for hydroxylation is 1. The van der Waals surface area contributed by atoms with Crippen molar-refractivity contribution in [3.63, 3.8) is 0 Å². The minimum atomic E-state index is 0.655. The molecule has 2 aromatic rings. The first-order chi connectivity index (χ1) is 6.70. The lowest BCUT2D eigenvalue weighted by Gasteiger charge is -2.03. The van der Waals surface area contributed by atoms with Crippen LogP contribution in [0.5, 0.6) is 5.75 Å².